The fourth-order valence-corrected chi connectivity index (χ4v) is 3.52. The van der Waals surface area contributed by atoms with Gasteiger partial charge in [-0.2, -0.15) is 11.3 Å². The number of ether oxygens (including phenoxy) is 1. The van der Waals surface area contributed by atoms with Crippen molar-refractivity contribution in [3.63, 3.8) is 0 Å². The van der Waals surface area contributed by atoms with Crippen LogP contribution in [0.5, 0.6) is 5.75 Å². The number of thiophene rings is 1. The Labute approximate surface area is 142 Å². The van der Waals surface area contributed by atoms with Gasteiger partial charge in [0.25, 0.3) is 0 Å². The fourth-order valence-electron chi connectivity index (χ4n) is 2.02. The molecule has 23 heavy (non-hydrogen) atoms. The van der Waals surface area contributed by atoms with E-state index in [1.54, 1.807) is 47.0 Å². The summed E-state index contributed by atoms with van der Waals surface area (Å²) >= 11 is 3.23. The molecule has 0 unspecified atom stereocenters. The number of carbonyl (C=O) groups excluding carboxylic acids is 1. The van der Waals surface area contributed by atoms with Gasteiger partial charge in [-0.05, 0) is 54.8 Å². The molecule has 0 radical (unpaired) electrons. The van der Waals surface area contributed by atoms with Crippen LogP contribution in [0.15, 0.2) is 52.5 Å². The average molecular weight is 341 g/mol. The number of hydrogen-bond donors (Lipinski definition) is 0. The summed E-state index contributed by atoms with van der Waals surface area (Å²) in [6.45, 7) is 2.55. The quantitative estimate of drug-likeness (QED) is 0.459. The number of ketones is 1. The molecule has 3 nitrogen and oxygen atoms in total. The zero-order valence-electron chi connectivity index (χ0n) is 12.6. The number of aromatic nitrogens is 1. The van der Waals surface area contributed by atoms with Crippen molar-refractivity contribution >= 4 is 34.5 Å². The second-order valence-corrected chi connectivity index (χ2v) is 6.38. The van der Waals surface area contributed by atoms with Crippen LogP contribution in [0.1, 0.15) is 23.0 Å². The minimum Gasteiger partial charge on any atom is -0.494 e. The van der Waals surface area contributed by atoms with Gasteiger partial charge in [-0.1, -0.05) is 0 Å². The molecule has 0 aliphatic carbocycles. The molecule has 1 aromatic carbocycles. The summed E-state index contributed by atoms with van der Waals surface area (Å²) in [5.41, 5.74) is 2.56. The summed E-state index contributed by atoms with van der Waals surface area (Å²) < 4.78 is 5.37. The Morgan fingerprint density at radius 3 is 2.74 bits per heavy atom. The molecule has 0 aliphatic rings. The molecule has 0 saturated carbocycles. The first-order valence-electron chi connectivity index (χ1n) is 7.19. The highest BCUT2D eigenvalue weighted by Gasteiger charge is 2.05. The lowest BCUT2D eigenvalue weighted by Gasteiger charge is -2.02. The minimum absolute atomic E-state index is 0.0434. The summed E-state index contributed by atoms with van der Waals surface area (Å²) in [6.07, 6.45) is 3.31. The first kappa shape index (κ1) is 15.6. The SMILES string of the molecule is CCOc1ccc(C(=O)/C=C/c2csc(-c3ccsc3)n2)cc1. The zero-order chi connectivity index (χ0) is 16.1. The normalized spacial score (nSPS) is 11.0. The number of rotatable bonds is 6. The number of benzene rings is 1. The molecular formula is C18H15NO2S2. The molecule has 3 rings (SSSR count). The molecule has 116 valence electrons. The number of thiazole rings is 1. The number of nitrogens with zero attached hydrogens (tertiary/aromatic N) is 1. The topological polar surface area (TPSA) is 39.2 Å². The highest BCUT2D eigenvalue weighted by molar-refractivity contribution is 7.14. The summed E-state index contributed by atoms with van der Waals surface area (Å²) in [7, 11) is 0. The zero-order valence-corrected chi connectivity index (χ0v) is 14.2. The van der Waals surface area contributed by atoms with Crippen LogP contribution >= 0.6 is 22.7 Å². The first-order chi connectivity index (χ1) is 11.3. The van der Waals surface area contributed by atoms with Crippen molar-refractivity contribution in [1.29, 1.82) is 0 Å². The molecule has 5 heteroatoms. The molecule has 0 fully saturated rings. The maximum atomic E-state index is 12.2. The van der Waals surface area contributed by atoms with E-state index in [1.807, 2.05) is 35.9 Å². The van der Waals surface area contributed by atoms with E-state index in [2.05, 4.69) is 10.4 Å². The standard InChI is InChI=1S/C18H15NO2S2/c1-2-21-16-6-3-13(4-7-16)17(20)8-5-15-12-23-18(19-15)14-9-10-22-11-14/h3-12H,2H2,1H3/b8-5+. The summed E-state index contributed by atoms with van der Waals surface area (Å²) in [4.78, 5) is 16.7. The van der Waals surface area contributed by atoms with Gasteiger partial charge in [0.1, 0.15) is 10.8 Å². The fraction of sp³-hybridized carbons (Fsp3) is 0.111. The predicted octanol–water partition coefficient (Wildman–Crippen LogP) is 5.17. The molecule has 2 aromatic heterocycles. The van der Waals surface area contributed by atoms with Gasteiger partial charge >= 0.3 is 0 Å². The Balaban J connectivity index is 1.68. The van der Waals surface area contributed by atoms with Crippen molar-refractivity contribution in [2.45, 2.75) is 6.92 Å². The third-order valence-corrected chi connectivity index (χ3v) is 4.74. The van der Waals surface area contributed by atoms with E-state index < -0.39 is 0 Å². The van der Waals surface area contributed by atoms with Crippen LogP contribution in [0.2, 0.25) is 0 Å². The molecule has 0 N–H and O–H groups in total. The molecule has 0 spiro atoms. The molecule has 0 bridgehead atoms. The third kappa shape index (κ3) is 3.94. The van der Waals surface area contributed by atoms with Gasteiger partial charge in [-0.3, -0.25) is 4.79 Å². The van der Waals surface area contributed by atoms with Crippen molar-refractivity contribution in [2.75, 3.05) is 6.61 Å². The maximum Gasteiger partial charge on any atom is 0.185 e. The van der Waals surface area contributed by atoms with Crippen LogP contribution in [-0.2, 0) is 0 Å². The Bertz CT molecular complexity index is 802. The smallest absolute Gasteiger partial charge is 0.185 e. The molecule has 3 aromatic rings. The van der Waals surface area contributed by atoms with Gasteiger partial charge in [0.2, 0.25) is 0 Å². The Hall–Kier alpha value is -2.24. The maximum absolute atomic E-state index is 12.2. The number of allylic oxidation sites excluding steroid dienone is 1. The molecule has 0 aliphatic heterocycles. The van der Waals surface area contributed by atoms with E-state index in [-0.39, 0.29) is 5.78 Å². The third-order valence-electron chi connectivity index (χ3n) is 3.15. The minimum atomic E-state index is -0.0434. The van der Waals surface area contributed by atoms with Gasteiger partial charge in [-0.15, -0.1) is 11.3 Å². The lowest BCUT2D eigenvalue weighted by molar-refractivity contribution is 0.104. The highest BCUT2D eigenvalue weighted by Crippen LogP contribution is 2.26. The summed E-state index contributed by atoms with van der Waals surface area (Å²) in [6, 6.07) is 9.21. The van der Waals surface area contributed by atoms with Crippen LogP contribution in [-0.4, -0.2) is 17.4 Å². The van der Waals surface area contributed by atoms with Crippen LogP contribution in [0.4, 0.5) is 0 Å². The van der Waals surface area contributed by atoms with E-state index >= 15 is 0 Å². The van der Waals surface area contributed by atoms with Gasteiger partial charge in [0.15, 0.2) is 5.78 Å². The second kappa shape index (κ2) is 7.35. The molecular weight excluding hydrogens is 326 g/mol. The van der Waals surface area contributed by atoms with E-state index in [0.717, 1.165) is 22.0 Å². The van der Waals surface area contributed by atoms with Crippen molar-refractivity contribution < 1.29 is 9.53 Å². The summed E-state index contributed by atoms with van der Waals surface area (Å²) in [5, 5.41) is 7.02. The van der Waals surface area contributed by atoms with Gasteiger partial charge in [0.05, 0.1) is 12.3 Å². The van der Waals surface area contributed by atoms with Crippen molar-refractivity contribution in [1.82, 2.24) is 4.98 Å². The Morgan fingerprint density at radius 1 is 1.22 bits per heavy atom. The molecule has 2 heterocycles. The van der Waals surface area contributed by atoms with Crippen LogP contribution in [0, 0.1) is 0 Å². The van der Waals surface area contributed by atoms with Gasteiger partial charge in [0, 0.05) is 21.9 Å². The van der Waals surface area contributed by atoms with Crippen LogP contribution in [0.25, 0.3) is 16.6 Å². The van der Waals surface area contributed by atoms with Crippen LogP contribution in [0.3, 0.4) is 0 Å². The first-order valence-corrected chi connectivity index (χ1v) is 9.02. The van der Waals surface area contributed by atoms with E-state index in [9.17, 15) is 4.79 Å². The lowest BCUT2D eigenvalue weighted by atomic mass is 10.1. The van der Waals surface area contributed by atoms with Gasteiger partial charge in [-0.25, -0.2) is 4.98 Å². The van der Waals surface area contributed by atoms with E-state index in [4.69, 9.17) is 4.74 Å². The second-order valence-electron chi connectivity index (χ2n) is 4.74. The Morgan fingerprint density at radius 2 is 2.04 bits per heavy atom. The molecule has 0 atom stereocenters. The van der Waals surface area contributed by atoms with E-state index in [0.29, 0.717) is 12.2 Å². The largest absolute Gasteiger partial charge is 0.494 e. The van der Waals surface area contributed by atoms with E-state index in [1.165, 1.54) is 0 Å². The lowest BCUT2D eigenvalue weighted by Crippen LogP contribution is -1.95. The predicted molar refractivity (Wildman–Crippen MR) is 96.4 cm³/mol. The van der Waals surface area contributed by atoms with Crippen molar-refractivity contribution in [3.8, 4) is 16.3 Å². The van der Waals surface area contributed by atoms with Crippen molar-refractivity contribution in [2.24, 2.45) is 0 Å². The van der Waals surface area contributed by atoms with Crippen LogP contribution < -0.4 is 4.74 Å². The van der Waals surface area contributed by atoms with Crippen molar-refractivity contribution in [3.05, 3.63) is 63.8 Å². The monoisotopic (exact) mass is 341 g/mol. The highest BCUT2D eigenvalue weighted by atomic mass is 32.1. The average Bonchev–Trinajstić information content (AvgIpc) is 3.25. The Kier molecular flexibility index (Phi) is 5.00. The number of carbonyl (C=O) groups is 1. The number of hydrogen-bond acceptors (Lipinski definition) is 5. The summed E-state index contributed by atoms with van der Waals surface area (Å²) in [5.74, 6) is 0.728. The van der Waals surface area contributed by atoms with Gasteiger partial charge < -0.3 is 4.74 Å². The molecule has 0 amide bonds. The molecule has 0 saturated heterocycles.